The third-order valence-corrected chi connectivity index (χ3v) is 4.08. The van der Waals surface area contributed by atoms with Gasteiger partial charge in [0, 0.05) is 6.07 Å². The Morgan fingerprint density at radius 1 is 1.25 bits per heavy atom. The molecule has 0 radical (unpaired) electrons. The van der Waals surface area contributed by atoms with Crippen molar-refractivity contribution in [2.75, 3.05) is 11.1 Å². The Bertz CT molecular complexity index is 642. The quantitative estimate of drug-likeness (QED) is 0.796. The predicted octanol–water partition coefficient (Wildman–Crippen LogP) is 4.55. The SMILES string of the molecule is Nc1cc(F)c(Cl)cc1NC1CCCc2ccccc21. The molecular weight excluding hydrogens is 275 g/mol. The van der Waals surface area contributed by atoms with Gasteiger partial charge in [-0.1, -0.05) is 35.9 Å². The highest BCUT2D eigenvalue weighted by Gasteiger charge is 2.20. The first-order valence-corrected chi connectivity index (χ1v) is 7.12. The molecule has 0 aromatic heterocycles. The van der Waals surface area contributed by atoms with E-state index in [-0.39, 0.29) is 11.1 Å². The summed E-state index contributed by atoms with van der Waals surface area (Å²) >= 11 is 5.83. The molecule has 2 aromatic carbocycles. The van der Waals surface area contributed by atoms with Crippen LogP contribution in [0.5, 0.6) is 0 Å². The number of halogens is 2. The number of hydrogen-bond donors (Lipinski definition) is 2. The molecule has 0 saturated heterocycles. The van der Waals surface area contributed by atoms with Gasteiger partial charge in [-0.15, -0.1) is 0 Å². The lowest BCUT2D eigenvalue weighted by atomic mass is 9.87. The van der Waals surface area contributed by atoms with Crippen molar-refractivity contribution in [1.29, 1.82) is 0 Å². The normalized spacial score (nSPS) is 17.6. The largest absolute Gasteiger partial charge is 0.397 e. The minimum Gasteiger partial charge on any atom is -0.397 e. The summed E-state index contributed by atoms with van der Waals surface area (Å²) < 4.78 is 13.3. The van der Waals surface area contributed by atoms with Gasteiger partial charge >= 0.3 is 0 Å². The van der Waals surface area contributed by atoms with Gasteiger partial charge in [0.2, 0.25) is 0 Å². The monoisotopic (exact) mass is 290 g/mol. The molecule has 0 saturated carbocycles. The lowest BCUT2D eigenvalue weighted by molar-refractivity contribution is 0.600. The van der Waals surface area contributed by atoms with Crippen molar-refractivity contribution in [1.82, 2.24) is 0 Å². The Hall–Kier alpha value is -1.74. The van der Waals surface area contributed by atoms with Crippen LogP contribution in [0.3, 0.4) is 0 Å². The molecule has 3 rings (SSSR count). The zero-order valence-corrected chi connectivity index (χ0v) is 11.8. The van der Waals surface area contributed by atoms with E-state index >= 15 is 0 Å². The molecule has 0 amide bonds. The van der Waals surface area contributed by atoms with Crippen LogP contribution in [-0.2, 0) is 6.42 Å². The first kappa shape index (κ1) is 13.3. The number of benzene rings is 2. The van der Waals surface area contributed by atoms with E-state index in [2.05, 4.69) is 23.5 Å². The molecule has 3 N–H and O–H groups in total. The number of hydrogen-bond acceptors (Lipinski definition) is 2. The standard InChI is InChI=1S/C16H16ClFN2/c17-12-8-16(14(19)9-13(12)18)20-15-7-3-5-10-4-1-2-6-11(10)15/h1-2,4,6,8-9,15,20H,3,5,7,19H2. The molecule has 2 aromatic rings. The number of nitrogens with one attached hydrogen (secondary N) is 1. The molecular formula is C16H16ClFN2. The fourth-order valence-electron chi connectivity index (χ4n) is 2.78. The molecule has 20 heavy (non-hydrogen) atoms. The molecule has 2 nitrogen and oxygen atoms in total. The smallest absolute Gasteiger partial charge is 0.143 e. The molecule has 1 aliphatic carbocycles. The minimum absolute atomic E-state index is 0.0887. The van der Waals surface area contributed by atoms with E-state index in [1.165, 1.54) is 17.2 Å². The second-order valence-electron chi connectivity index (χ2n) is 5.14. The summed E-state index contributed by atoms with van der Waals surface area (Å²) in [5.74, 6) is -0.487. The highest BCUT2D eigenvalue weighted by molar-refractivity contribution is 6.31. The Morgan fingerprint density at radius 3 is 2.90 bits per heavy atom. The van der Waals surface area contributed by atoms with Gasteiger partial charge < -0.3 is 11.1 Å². The second kappa shape index (κ2) is 5.33. The molecule has 0 fully saturated rings. The van der Waals surface area contributed by atoms with Gasteiger partial charge in [0.05, 0.1) is 22.4 Å². The topological polar surface area (TPSA) is 38.0 Å². The zero-order chi connectivity index (χ0) is 14.1. The molecule has 0 spiro atoms. The summed E-state index contributed by atoms with van der Waals surface area (Å²) in [6, 6.07) is 11.4. The molecule has 0 bridgehead atoms. The average Bonchev–Trinajstić information content (AvgIpc) is 2.45. The maximum atomic E-state index is 13.3. The number of rotatable bonds is 2. The van der Waals surface area contributed by atoms with Gasteiger partial charge in [-0.2, -0.15) is 0 Å². The second-order valence-corrected chi connectivity index (χ2v) is 5.55. The summed E-state index contributed by atoms with van der Waals surface area (Å²) in [4.78, 5) is 0. The van der Waals surface area contributed by atoms with Crippen LogP contribution in [0, 0.1) is 5.82 Å². The maximum absolute atomic E-state index is 13.3. The molecule has 0 heterocycles. The highest BCUT2D eigenvalue weighted by Crippen LogP contribution is 2.35. The van der Waals surface area contributed by atoms with Crippen molar-refractivity contribution in [3.63, 3.8) is 0 Å². The lowest BCUT2D eigenvalue weighted by Gasteiger charge is -2.27. The van der Waals surface area contributed by atoms with Gasteiger partial charge in [-0.25, -0.2) is 4.39 Å². The van der Waals surface area contributed by atoms with Crippen LogP contribution in [0.4, 0.5) is 15.8 Å². The predicted molar refractivity (Wildman–Crippen MR) is 81.6 cm³/mol. The van der Waals surface area contributed by atoms with Gasteiger partial charge in [-0.05, 0) is 36.5 Å². The van der Waals surface area contributed by atoms with E-state index in [0.29, 0.717) is 11.4 Å². The molecule has 1 unspecified atom stereocenters. The Balaban J connectivity index is 1.91. The fourth-order valence-corrected chi connectivity index (χ4v) is 2.94. The van der Waals surface area contributed by atoms with Gasteiger partial charge in [0.25, 0.3) is 0 Å². The van der Waals surface area contributed by atoms with Crippen molar-refractivity contribution < 1.29 is 4.39 Å². The van der Waals surface area contributed by atoms with Crippen LogP contribution in [0.2, 0.25) is 5.02 Å². The van der Waals surface area contributed by atoms with Crippen molar-refractivity contribution in [2.45, 2.75) is 25.3 Å². The van der Waals surface area contributed by atoms with Crippen LogP contribution in [0.25, 0.3) is 0 Å². The van der Waals surface area contributed by atoms with E-state index in [4.69, 9.17) is 17.3 Å². The number of nitrogen functional groups attached to an aromatic ring is 1. The molecule has 0 aliphatic heterocycles. The van der Waals surface area contributed by atoms with Gasteiger partial charge in [0.15, 0.2) is 0 Å². The first-order chi connectivity index (χ1) is 9.65. The van der Waals surface area contributed by atoms with Crippen molar-refractivity contribution in [3.05, 3.63) is 58.4 Å². The van der Waals surface area contributed by atoms with E-state index in [9.17, 15) is 4.39 Å². The van der Waals surface area contributed by atoms with Gasteiger partial charge in [0.1, 0.15) is 5.82 Å². The van der Waals surface area contributed by atoms with Crippen LogP contribution in [0.15, 0.2) is 36.4 Å². The number of nitrogens with two attached hydrogens (primary N) is 1. The van der Waals surface area contributed by atoms with Crippen LogP contribution in [0.1, 0.15) is 30.0 Å². The lowest BCUT2D eigenvalue weighted by Crippen LogP contribution is -2.18. The Kier molecular flexibility index (Phi) is 3.53. The van der Waals surface area contributed by atoms with E-state index < -0.39 is 5.82 Å². The number of aryl methyl sites for hydroxylation is 1. The molecule has 1 aliphatic rings. The third-order valence-electron chi connectivity index (χ3n) is 3.79. The van der Waals surface area contributed by atoms with E-state index in [1.54, 1.807) is 6.07 Å². The average molecular weight is 291 g/mol. The maximum Gasteiger partial charge on any atom is 0.143 e. The summed E-state index contributed by atoms with van der Waals surface area (Å²) in [6.45, 7) is 0. The van der Waals surface area contributed by atoms with Crippen molar-refractivity contribution in [2.24, 2.45) is 0 Å². The Labute approximate surface area is 122 Å². The van der Waals surface area contributed by atoms with Crippen LogP contribution < -0.4 is 11.1 Å². The van der Waals surface area contributed by atoms with Crippen LogP contribution in [-0.4, -0.2) is 0 Å². The van der Waals surface area contributed by atoms with Gasteiger partial charge in [-0.3, -0.25) is 0 Å². The third kappa shape index (κ3) is 2.46. The summed E-state index contributed by atoms with van der Waals surface area (Å²) in [5.41, 5.74) is 9.60. The molecule has 104 valence electrons. The fraction of sp³-hybridized carbons (Fsp3) is 0.250. The first-order valence-electron chi connectivity index (χ1n) is 6.74. The summed E-state index contributed by atoms with van der Waals surface area (Å²) in [7, 11) is 0. The zero-order valence-electron chi connectivity index (χ0n) is 11.0. The van der Waals surface area contributed by atoms with E-state index in [1.807, 2.05) is 6.07 Å². The van der Waals surface area contributed by atoms with Crippen LogP contribution >= 0.6 is 11.6 Å². The number of fused-ring (bicyclic) bond motifs is 1. The van der Waals surface area contributed by atoms with Crippen molar-refractivity contribution in [3.8, 4) is 0 Å². The summed E-state index contributed by atoms with van der Waals surface area (Å²) in [6.07, 6.45) is 3.27. The molecule has 1 atom stereocenters. The Morgan fingerprint density at radius 2 is 2.05 bits per heavy atom. The summed E-state index contributed by atoms with van der Waals surface area (Å²) in [5, 5.41) is 3.49. The minimum atomic E-state index is -0.487. The highest BCUT2D eigenvalue weighted by atomic mass is 35.5. The van der Waals surface area contributed by atoms with Crippen molar-refractivity contribution >= 4 is 23.0 Å². The molecule has 4 heteroatoms. The van der Waals surface area contributed by atoms with E-state index in [0.717, 1.165) is 19.3 Å². The number of anilines is 2.